The van der Waals surface area contributed by atoms with Gasteiger partial charge in [0.25, 0.3) is 0 Å². The molecule has 0 spiro atoms. The van der Waals surface area contributed by atoms with Crippen LogP contribution >= 0.6 is 11.8 Å². The van der Waals surface area contributed by atoms with E-state index in [1.807, 2.05) is 6.07 Å². The summed E-state index contributed by atoms with van der Waals surface area (Å²) in [5.74, 6) is 2.07. The Morgan fingerprint density at radius 1 is 1.20 bits per heavy atom. The molecule has 0 atom stereocenters. The highest BCUT2D eigenvalue weighted by Crippen LogP contribution is 2.19. The zero-order valence-corrected chi connectivity index (χ0v) is 12.9. The number of thioether (sulfide) groups is 1. The first kappa shape index (κ1) is 15.1. The Bertz CT molecular complexity index is 513. The van der Waals surface area contributed by atoms with Crippen molar-refractivity contribution in [1.82, 2.24) is 14.8 Å². The van der Waals surface area contributed by atoms with Crippen molar-refractivity contribution in [2.45, 2.75) is 31.5 Å². The predicted molar refractivity (Wildman–Crippen MR) is 82.2 cm³/mol. The largest absolute Gasteiger partial charge is 0.383 e. The van der Waals surface area contributed by atoms with E-state index in [-0.39, 0.29) is 0 Å². The molecule has 1 aromatic carbocycles. The van der Waals surface area contributed by atoms with E-state index in [0.29, 0.717) is 6.61 Å². The van der Waals surface area contributed by atoms with E-state index in [2.05, 4.69) is 46.0 Å². The standard InChI is InChI=1S/C15H21N3OS/c1-3-11-20-15-17-16-14(18(15)9-10-19-2)12-13-7-5-4-6-8-13/h4-8H,3,9-12H2,1-2H3. The van der Waals surface area contributed by atoms with E-state index in [1.165, 1.54) is 5.56 Å². The first-order chi connectivity index (χ1) is 9.85. The molecule has 20 heavy (non-hydrogen) atoms. The van der Waals surface area contributed by atoms with Crippen molar-refractivity contribution < 1.29 is 4.74 Å². The fourth-order valence-corrected chi connectivity index (χ4v) is 2.77. The van der Waals surface area contributed by atoms with Crippen LogP contribution in [0.25, 0.3) is 0 Å². The highest BCUT2D eigenvalue weighted by molar-refractivity contribution is 7.99. The van der Waals surface area contributed by atoms with Crippen LogP contribution < -0.4 is 0 Å². The first-order valence-corrected chi connectivity index (χ1v) is 7.91. The minimum atomic E-state index is 0.680. The van der Waals surface area contributed by atoms with Crippen LogP contribution in [0.4, 0.5) is 0 Å². The van der Waals surface area contributed by atoms with Crippen LogP contribution in [0, 0.1) is 0 Å². The molecule has 2 rings (SSSR count). The summed E-state index contributed by atoms with van der Waals surface area (Å²) < 4.78 is 7.37. The van der Waals surface area contributed by atoms with Crippen LogP contribution in [0.15, 0.2) is 35.5 Å². The average molecular weight is 291 g/mol. The fraction of sp³-hybridized carbons (Fsp3) is 0.467. The summed E-state index contributed by atoms with van der Waals surface area (Å²) in [6.07, 6.45) is 1.94. The van der Waals surface area contributed by atoms with Gasteiger partial charge in [0.15, 0.2) is 5.16 Å². The maximum atomic E-state index is 5.19. The van der Waals surface area contributed by atoms with Crippen molar-refractivity contribution in [2.75, 3.05) is 19.5 Å². The molecule has 2 aromatic rings. The van der Waals surface area contributed by atoms with Gasteiger partial charge in [0, 0.05) is 25.8 Å². The molecule has 0 unspecified atom stereocenters. The third kappa shape index (κ3) is 4.08. The molecule has 0 N–H and O–H groups in total. The van der Waals surface area contributed by atoms with Gasteiger partial charge in [-0.1, -0.05) is 49.0 Å². The Hall–Kier alpha value is -1.33. The lowest BCUT2D eigenvalue weighted by Crippen LogP contribution is -2.10. The number of ether oxygens (including phenoxy) is 1. The Morgan fingerprint density at radius 2 is 2.00 bits per heavy atom. The number of rotatable bonds is 8. The maximum absolute atomic E-state index is 5.19. The lowest BCUT2D eigenvalue weighted by molar-refractivity contribution is 0.184. The van der Waals surface area contributed by atoms with Gasteiger partial charge in [-0.15, -0.1) is 10.2 Å². The molecular formula is C15H21N3OS. The molecular weight excluding hydrogens is 270 g/mol. The molecule has 0 bridgehead atoms. The Morgan fingerprint density at radius 3 is 2.70 bits per heavy atom. The molecule has 0 aliphatic rings. The predicted octanol–water partition coefficient (Wildman–Crippen LogP) is 3.02. The van der Waals surface area contributed by atoms with Gasteiger partial charge in [0.2, 0.25) is 0 Å². The molecule has 1 heterocycles. The highest BCUT2D eigenvalue weighted by Gasteiger charge is 2.12. The lowest BCUT2D eigenvalue weighted by atomic mass is 10.1. The summed E-state index contributed by atoms with van der Waals surface area (Å²) in [7, 11) is 1.72. The number of aromatic nitrogens is 3. The fourth-order valence-electron chi connectivity index (χ4n) is 1.94. The summed E-state index contributed by atoms with van der Waals surface area (Å²) in [5.41, 5.74) is 1.26. The minimum absolute atomic E-state index is 0.680. The van der Waals surface area contributed by atoms with Gasteiger partial charge in [0.05, 0.1) is 6.61 Å². The summed E-state index contributed by atoms with van der Waals surface area (Å²) in [5, 5.41) is 9.67. The first-order valence-electron chi connectivity index (χ1n) is 6.93. The van der Waals surface area contributed by atoms with Crippen molar-refractivity contribution in [2.24, 2.45) is 0 Å². The average Bonchev–Trinajstić information content (AvgIpc) is 2.86. The van der Waals surface area contributed by atoms with Gasteiger partial charge < -0.3 is 9.30 Å². The molecule has 4 nitrogen and oxygen atoms in total. The van der Waals surface area contributed by atoms with Gasteiger partial charge >= 0.3 is 0 Å². The van der Waals surface area contributed by atoms with Gasteiger partial charge in [-0.2, -0.15) is 0 Å². The molecule has 0 fully saturated rings. The van der Waals surface area contributed by atoms with Gasteiger partial charge in [-0.05, 0) is 12.0 Å². The number of nitrogens with zero attached hydrogens (tertiary/aromatic N) is 3. The molecule has 0 aliphatic carbocycles. The minimum Gasteiger partial charge on any atom is -0.383 e. The number of benzene rings is 1. The van der Waals surface area contributed by atoms with Crippen LogP contribution in [0.3, 0.4) is 0 Å². The maximum Gasteiger partial charge on any atom is 0.191 e. The monoisotopic (exact) mass is 291 g/mol. The summed E-state index contributed by atoms with van der Waals surface area (Å²) >= 11 is 1.76. The van der Waals surface area contributed by atoms with Crippen LogP contribution in [0.1, 0.15) is 24.7 Å². The van der Waals surface area contributed by atoms with Crippen molar-refractivity contribution in [3.63, 3.8) is 0 Å². The Labute approximate surface area is 124 Å². The summed E-state index contributed by atoms with van der Waals surface area (Å²) in [6, 6.07) is 10.4. The van der Waals surface area contributed by atoms with Crippen LogP contribution in [0.2, 0.25) is 0 Å². The molecule has 108 valence electrons. The topological polar surface area (TPSA) is 39.9 Å². The van der Waals surface area contributed by atoms with Crippen molar-refractivity contribution in [1.29, 1.82) is 0 Å². The second kappa shape index (κ2) is 8.07. The summed E-state index contributed by atoms with van der Waals surface area (Å²) in [4.78, 5) is 0. The zero-order valence-electron chi connectivity index (χ0n) is 12.1. The van der Waals surface area contributed by atoms with Crippen LogP contribution in [-0.2, 0) is 17.7 Å². The van der Waals surface area contributed by atoms with E-state index < -0.39 is 0 Å². The van der Waals surface area contributed by atoms with Crippen LogP contribution in [0.5, 0.6) is 0 Å². The number of methoxy groups -OCH3 is 1. The number of hydrogen-bond acceptors (Lipinski definition) is 4. The molecule has 1 aromatic heterocycles. The smallest absolute Gasteiger partial charge is 0.191 e. The van der Waals surface area contributed by atoms with E-state index in [0.717, 1.165) is 36.1 Å². The Balaban J connectivity index is 2.16. The SMILES string of the molecule is CCCSc1nnc(Cc2ccccc2)n1CCOC. The molecule has 0 saturated heterocycles. The highest BCUT2D eigenvalue weighted by atomic mass is 32.2. The third-order valence-corrected chi connectivity index (χ3v) is 4.13. The zero-order chi connectivity index (χ0) is 14.2. The summed E-state index contributed by atoms with van der Waals surface area (Å²) in [6.45, 7) is 3.66. The second-order valence-corrected chi connectivity index (χ2v) is 5.62. The quantitative estimate of drug-likeness (QED) is 0.701. The van der Waals surface area contributed by atoms with Crippen molar-refractivity contribution in [3.05, 3.63) is 41.7 Å². The van der Waals surface area contributed by atoms with E-state index in [9.17, 15) is 0 Å². The number of hydrogen-bond donors (Lipinski definition) is 0. The van der Waals surface area contributed by atoms with E-state index >= 15 is 0 Å². The third-order valence-electron chi connectivity index (χ3n) is 2.95. The lowest BCUT2D eigenvalue weighted by Gasteiger charge is -2.09. The van der Waals surface area contributed by atoms with Gasteiger partial charge in [0.1, 0.15) is 5.82 Å². The van der Waals surface area contributed by atoms with Gasteiger partial charge in [-0.25, -0.2) is 0 Å². The molecule has 0 aliphatic heterocycles. The van der Waals surface area contributed by atoms with E-state index in [1.54, 1.807) is 18.9 Å². The molecule has 0 amide bonds. The normalized spacial score (nSPS) is 10.9. The van der Waals surface area contributed by atoms with Crippen LogP contribution in [-0.4, -0.2) is 34.2 Å². The second-order valence-electron chi connectivity index (χ2n) is 4.55. The molecule has 0 radical (unpaired) electrons. The van der Waals surface area contributed by atoms with Crippen molar-refractivity contribution >= 4 is 11.8 Å². The molecule has 0 saturated carbocycles. The molecule has 5 heteroatoms. The Kier molecular flexibility index (Phi) is 6.08. The van der Waals surface area contributed by atoms with Crippen molar-refractivity contribution in [3.8, 4) is 0 Å². The van der Waals surface area contributed by atoms with Gasteiger partial charge in [-0.3, -0.25) is 0 Å². The van der Waals surface area contributed by atoms with E-state index in [4.69, 9.17) is 4.74 Å².